The van der Waals surface area contributed by atoms with Gasteiger partial charge in [0.2, 0.25) is 11.2 Å². The lowest BCUT2D eigenvalue weighted by atomic mass is 9.93. The Kier molecular flexibility index (Phi) is 4.99. The number of rotatable bonds is 3. The fourth-order valence-electron chi connectivity index (χ4n) is 5.07. The minimum Gasteiger partial charge on any atom is -0.456 e. The first kappa shape index (κ1) is 21.2. The summed E-state index contributed by atoms with van der Waals surface area (Å²) in [6.07, 6.45) is 12.2. The van der Waals surface area contributed by atoms with E-state index in [9.17, 15) is 0 Å². The molecule has 3 aromatic heterocycles. The van der Waals surface area contributed by atoms with Crippen LogP contribution in [0, 0.1) is 0 Å². The zero-order valence-corrected chi connectivity index (χ0v) is 22.6. The molecular weight excluding hydrogens is 660 g/mol. The average Bonchev–Trinajstić information content (AvgIpc) is 3.27. The van der Waals surface area contributed by atoms with E-state index in [0.717, 1.165) is 33.6 Å². The molecule has 0 aliphatic rings. The molecule has 0 atom stereocenters. The number of fused-ring (bicyclic) bond motifs is 3. The molecule has 35 heavy (non-hydrogen) atoms. The van der Waals surface area contributed by atoms with Gasteiger partial charge in [0.25, 0.3) is 0 Å². The van der Waals surface area contributed by atoms with Gasteiger partial charge in [-0.05, 0) is 35.4 Å². The lowest BCUT2D eigenvalue weighted by Crippen LogP contribution is -2.22. The fourth-order valence-corrected chi connectivity index (χ4v) is 6.29. The summed E-state index contributed by atoms with van der Waals surface area (Å²) in [7, 11) is 0. The second-order valence-electron chi connectivity index (χ2n) is 8.46. The monoisotopic (exact) mass is 677 g/mol. The Morgan fingerprint density at radius 3 is 2.43 bits per heavy atom. The highest BCUT2D eigenvalue weighted by Crippen LogP contribution is 2.43. The van der Waals surface area contributed by atoms with Gasteiger partial charge in [-0.1, -0.05) is 48.6 Å². The van der Waals surface area contributed by atoms with Crippen molar-refractivity contribution in [3.05, 3.63) is 103 Å². The zero-order valence-electron chi connectivity index (χ0n) is 18.3. The van der Waals surface area contributed by atoms with E-state index in [1.54, 1.807) is 6.20 Å². The highest BCUT2D eigenvalue weighted by Gasteiger charge is 2.23. The van der Waals surface area contributed by atoms with Crippen molar-refractivity contribution in [2.45, 2.75) is 0 Å². The van der Waals surface area contributed by atoms with E-state index in [1.807, 2.05) is 12.4 Å². The van der Waals surface area contributed by atoms with Crippen LogP contribution in [0.4, 0.5) is 0 Å². The van der Waals surface area contributed by atoms with Crippen LogP contribution >= 0.6 is 45.7 Å². The molecule has 0 unspecified atom stereocenters. The fraction of sp³-hybridized carbons (Fsp3) is 0. The SMILES string of the molecule is I[n+]1ccncc1-c1ccccc1/C=C/c1ccc2oc3cccc4c5ccc[n+](I)c5c1c2c34. The molecular formula is C29H17I2N3O+2. The van der Waals surface area contributed by atoms with Gasteiger partial charge in [-0.2, -0.15) is 0 Å². The summed E-state index contributed by atoms with van der Waals surface area (Å²) in [4.78, 5) is 4.34. The molecule has 7 rings (SSSR count). The minimum atomic E-state index is 0.923. The molecule has 6 heteroatoms. The van der Waals surface area contributed by atoms with Crippen molar-refractivity contribution in [2.24, 2.45) is 0 Å². The third-order valence-corrected chi connectivity index (χ3v) is 8.21. The first-order chi connectivity index (χ1) is 17.2. The van der Waals surface area contributed by atoms with Crippen molar-refractivity contribution >= 4 is 101 Å². The van der Waals surface area contributed by atoms with E-state index >= 15 is 0 Å². The van der Waals surface area contributed by atoms with Crippen LogP contribution in [0.1, 0.15) is 11.1 Å². The predicted octanol–water partition coefficient (Wildman–Crippen LogP) is 7.53. The number of aromatic nitrogens is 3. The number of halogens is 2. The molecule has 0 saturated carbocycles. The van der Waals surface area contributed by atoms with Gasteiger partial charge in [0.05, 0.1) is 28.7 Å². The van der Waals surface area contributed by atoms with E-state index in [-0.39, 0.29) is 0 Å². The van der Waals surface area contributed by atoms with Gasteiger partial charge in [-0.3, -0.25) is 4.98 Å². The summed E-state index contributed by atoms with van der Waals surface area (Å²) in [6, 6.07) is 23.4. The topological polar surface area (TPSA) is 33.8 Å². The first-order valence-corrected chi connectivity index (χ1v) is 13.1. The predicted molar refractivity (Wildman–Crippen MR) is 158 cm³/mol. The maximum absolute atomic E-state index is 6.29. The molecule has 7 aromatic rings. The Morgan fingerprint density at radius 1 is 0.686 bits per heavy atom. The number of pyridine rings is 1. The Bertz CT molecular complexity index is 1940. The lowest BCUT2D eigenvalue weighted by Gasteiger charge is -2.08. The summed E-state index contributed by atoms with van der Waals surface area (Å²) < 4.78 is 10.5. The molecule has 0 bridgehead atoms. The van der Waals surface area contributed by atoms with Crippen LogP contribution in [0.2, 0.25) is 0 Å². The number of furan rings is 1. The molecule has 4 nitrogen and oxygen atoms in total. The molecule has 0 radical (unpaired) electrons. The van der Waals surface area contributed by atoms with Crippen LogP contribution in [0.15, 0.2) is 95.9 Å². The molecule has 3 heterocycles. The highest BCUT2D eigenvalue weighted by atomic mass is 127. The summed E-state index contributed by atoms with van der Waals surface area (Å²) in [5.41, 5.74) is 7.56. The van der Waals surface area contributed by atoms with Crippen LogP contribution in [0.5, 0.6) is 0 Å². The maximum atomic E-state index is 6.29. The highest BCUT2D eigenvalue weighted by molar-refractivity contribution is 14.1. The standard InChI is InChI=1S/C29H17I2N3O/c30-33-16-14-32-17-23(33)20-6-2-1-5-18(20)10-11-19-12-13-25-28-26(19)29-22(8-4-15-34(29)31)21-7-3-9-24(35-25)27(21)28/h1-17H/q+2. The van der Waals surface area contributed by atoms with Crippen LogP contribution < -0.4 is 5.56 Å². The van der Waals surface area contributed by atoms with Gasteiger partial charge in [0.1, 0.15) is 11.2 Å². The van der Waals surface area contributed by atoms with Gasteiger partial charge in [-0.15, -0.1) is 5.56 Å². The second kappa shape index (κ2) is 8.23. The third-order valence-electron chi connectivity index (χ3n) is 6.56. The van der Waals surface area contributed by atoms with E-state index in [0.29, 0.717) is 0 Å². The van der Waals surface area contributed by atoms with Crippen LogP contribution in [0.25, 0.3) is 67.0 Å². The number of hydrogen-bond acceptors (Lipinski definition) is 2. The second-order valence-corrected chi connectivity index (χ2v) is 10.5. The maximum Gasteiger partial charge on any atom is 0.354 e. The molecule has 0 N–H and O–H groups in total. The Hall–Kier alpha value is -3.11. The Balaban J connectivity index is 1.52. The van der Waals surface area contributed by atoms with Crippen LogP contribution in [-0.4, -0.2) is 4.98 Å². The molecule has 0 aliphatic carbocycles. The van der Waals surface area contributed by atoms with Gasteiger partial charge >= 0.3 is 45.7 Å². The van der Waals surface area contributed by atoms with E-state index < -0.39 is 0 Å². The summed E-state index contributed by atoms with van der Waals surface area (Å²) in [5, 5.41) is 6.05. The van der Waals surface area contributed by atoms with Crippen molar-refractivity contribution in [1.82, 2.24) is 4.98 Å². The number of hydrogen-bond donors (Lipinski definition) is 0. The summed E-state index contributed by atoms with van der Waals surface area (Å²) in [6.45, 7) is 0. The molecule has 0 saturated heterocycles. The average molecular weight is 677 g/mol. The summed E-state index contributed by atoms with van der Waals surface area (Å²) >= 11 is 4.68. The minimum absolute atomic E-state index is 0.923. The van der Waals surface area contributed by atoms with Crippen molar-refractivity contribution in [3.63, 3.8) is 0 Å². The largest absolute Gasteiger partial charge is 0.456 e. The van der Waals surface area contributed by atoms with Crippen LogP contribution in [0.3, 0.4) is 0 Å². The van der Waals surface area contributed by atoms with Gasteiger partial charge in [0, 0.05) is 22.2 Å². The molecule has 0 aliphatic heterocycles. The number of benzene rings is 4. The smallest absolute Gasteiger partial charge is 0.354 e. The van der Waals surface area contributed by atoms with Gasteiger partial charge in [-0.25, -0.2) is 0 Å². The number of nitrogens with zero attached hydrogens (tertiary/aromatic N) is 3. The van der Waals surface area contributed by atoms with Gasteiger partial charge in [0.15, 0.2) is 12.4 Å². The Morgan fingerprint density at radius 2 is 1.51 bits per heavy atom. The third kappa shape index (κ3) is 3.26. The lowest BCUT2D eigenvalue weighted by molar-refractivity contribution is -0.427. The Labute approximate surface area is 228 Å². The van der Waals surface area contributed by atoms with Crippen LogP contribution in [-0.2, 0) is 0 Å². The first-order valence-electron chi connectivity index (χ1n) is 11.2. The van der Waals surface area contributed by atoms with E-state index in [4.69, 9.17) is 4.42 Å². The molecule has 166 valence electrons. The van der Waals surface area contributed by atoms with Crippen molar-refractivity contribution in [1.29, 1.82) is 0 Å². The van der Waals surface area contributed by atoms with Crippen molar-refractivity contribution in [2.75, 3.05) is 0 Å². The van der Waals surface area contributed by atoms with E-state index in [2.05, 4.69) is 141 Å². The van der Waals surface area contributed by atoms with E-state index in [1.165, 1.54) is 32.4 Å². The van der Waals surface area contributed by atoms with Crippen molar-refractivity contribution < 1.29 is 9.98 Å². The molecule has 4 aromatic carbocycles. The quantitative estimate of drug-likeness (QED) is 0.110. The molecule has 0 amide bonds. The molecule has 0 fully saturated rings. The molecule has 0 spiro atoms. The summed E-state index contributed by atoms with van der Waals surface area (Å²) in [5.74, 6) is 0. The normalized spacial score (nSPS) is 12.2. The van der Waals surface area contributed by atoms with Crippen molar-refractivity contribution in [3.8, 4) is 11.3 Å². The van der Waals surface area contributed by atoms with Gasteiger partial charge < -0.3 is 4.42 Å². The zero-order chi connectivity index (χ0) is 23.5.